The molecule has 0 saturated heterocycles. The van der Waals surface area contributed by atoms with Gasteiger partial charge in [-0.2, -0.15) is 0 Å². The highest BCUT2D eigenvalue weighted by atomic mass is 32.1. The monoisotopic (exact) mass is 389 g/mol. The van der Waals surface area contributed by atoms with Crippen molar-refractivity contribution in [1.29, 1.82) is 0 Å². The van der Waals surface area contributed by atoms with E-state index in [-0.39, 0.29) is 16.3 Å². The maximum Gasteiger partial charge on any atom is 0.341 e. The summed E-state index contributed by atoms with van der Waals surface area (Å²) in [5, 5.41) is 2.98. The second-order valence-electron chi connectivity index (χ2n) is 6.26. The van der Waals surface area contributed by atoms with Gasteiger partial charge in [0, 0.05) is 0 Å². The number of anilines is 1. The molecule has 7 heteroatoms. The number of aryl methyl sites for hydroxylation is 1. The molecule has 0 aliphatic carbocycles. The molecule has 1 N–H and O–H groups in total. The number of carbonyl (C=O) groups is 3. The van der Waals surface area contributed by atoms with E-state index < -0.39 is 18.0 Å². The Morgan fingerprint density at radius 3 is 2.37 bits per heavy atom. The fraction of sp³-hybridized carbons (Fsp3) is 0.350. The third-order valence-electron chi connectivity index (χ3n) is 4.32. The number of thiophene rings is 1. The summed E-state index contributed by atoms with van der Waals surface area (Å²) in [7, 11) is 1.25. The van der Waals surface area contributed by atoms with Crippen molar-refractivity contribution in [3.05, 3.63) is 45.3 Å². The van der Waals surface area contributed by atoms with E-state index in [0.29, 0.717) is 16.2 Å². The number of ketones is 1. The third kappa shape index (κ3) is 4.36. The number of amides is 1. The molecule has 6 nitrogen and oxygen atoms in total. The van der Waals surface area contributed by atoms with Gasteiger partial charge in [0.15, 0.2) is 11.9 Å². The summed E-state index contributed by atoms with van der Waals surface area (Å²) in [4.78, 5) is 36.9. The number of ether oxygens (including phenoxy) is 2. The van der Waals surface area contributed by atoms with E-state index >= 15 is 0 Å². The largest absolute Gasteiger partial charge is 0.481 e. The summed E-state index contributed by atoms with van der Waals surface area (Å²) in [6, 6.07) is 5.63. The molecule has 0 aliphatic heterocycles. The number of hydrogen-bond donors (Lipinski definition) is 1. The van der Waals surface area contributed by atoms with E-state index in [1.54, 1.807) is 19.9 Å². The Labute approximate surface area is 162 Å². The van der Waals surface area contributed by atoms with Gasteiger partial charge in [0.2, 0.25) is 0 Å². The quantitative estimate of drug-likeness (QED) is 0.595. The van der Waals surface area contributed by atoms with Crippen molar-refractivity contribution in [3.8, 4) is 5.75 Å². The molecule has 0 fully saturated rings. The second-order valence-corrected chi connectivity index (χ2v) is 7.28. The molecule has 27 heavy (non-hydrogen) atoms. The minimum absolute atomic E-state index is 0.178. The van der Waals surface area contributed by atoms with E-state index in [9.17, 15) is 14.4 Å². The molecule has 1 aromatic heterocycles. The Morgan fingerprint density at radius 1 is 1.11 bits per heavy atom. The van der Waals surface area contributed by atoms with Crippen molar-refractivity contribution in [2.24, 2.45) is 0 Å². The third-order valence-corrected chi connectivity index (χ3v) is 5.63. The van der Waals surface area contributed by atoms with Gasteiger partial charge in [0.25, 0.3) is 5.91 Å². The summed E-state index contributed by atoms with van der Waals surface area (Å²) in [5.41, 5.74) is 2.71. The van der Waals surface area contributed by atoms with Gasteiger partial charge in [-0.1, -0.05) is 12.1 Å². The predicted molar refractivity (Wildman–Crippen MR) is 105 cm³/mol. The lowest BCUT2D eigenvalue weighted by atomic mass is 10.1. The maximum atomic E-state index is 12.6. The lowest BCUT2D eigenvalue weighted by Gasteiger charge is -2.17. The molecule has 0 saturated carbocycles. The number of Topliss-reactive ketones (excluding diaryl/α,β-unsaturated/α-hetero) is 1. The van der Waals surface area contributed by atoms with E-state index in [1.807, 2.05) is 26.0 Å². The fourth-order valence-corrected chi connectivity index (χ4v) is 3.69. The Balaban J connectivity index is 2.26. The normalized spacial score (nSPS) is 11.6. The first kappa shape index (κ1) is 20.6. The maximum absolute atomic E-state index is 12.6. The molecule has 144 valence electrons. The van der Waals surface area contributed by atoms with E-state index in [0.717, 1.165) is 22.5 Å². The first-order chi connectivity index (χ1) is 12.7. The summed E-state index contributed by atoms with van der Waals surface area (Å²) < 4.78 is 10.6. The van der Waals surface area contributed by atoms with Crippen LogP contribution in [0.5, 0.6) is 5.75 Å². The van der Waals surface area contributed by atoms with Crippen LogP contribution in [0.1, 0.15) is 50.6 Å². The van der Waals surface area contributed by atoms with Gasteiger partial charge < -0.3 is 14.8 Å². The van der Waals surface area contributed by atoms with E-state index in [1.165, 1.54) is 14.0 Å². The molecule has 0 radical (unpaired) electrons. The van der Waals surface area contributed by atoms with Gasteiger partial charge in [0.05, 0.1) is 17.6 Å². The van der Waals surface area contributed by atoms with Gasteiger partial charge in [-0.3, -0.25) is 9.59 Å². The molecule has 0 aliphatic rings. The molecule has 2 aromatic rings. The summed E-state index contributed by atoms with van der Waals surface area (Å²) >= 11 is 1.06. The fourth-order valence-electron chi connectivity index (χ4n) is 2.59. The summed E-state index contributed by atoms with van der Waals surface area (Å²) in [5.74, 6) is -0.576. The van der Waals surface area contributed by atoms with Crippen LogP contribution in [0.25, 0.3) is 0 Å². The van der Waals surface area contributed by atoms with Crippen molar-refractivity contribution >= 4 is 34.0 Å². The van der Waals surface area contributed by atoms with E-state index in [2.05, 4.69) is 5.32 Å². The van der Waals surface area contributed by atoms with Crippen LogP contribution in [0.3, 0.4) is 0 Å². The lowest BCUT2D eigenvalue weighted by Crippen LogP contribution is -2.30. The standard InChI is InChI=1S/C20H23NO5S/c1-10-8-7-9-15(11(10)2)26-14(5)18(23)21-19-16(20(24)25-6)12(3)17(27-19)13(4)22/h7-9,14H,1-6H3,(H,21,23)/t14-/m1/s1. The number of benzene rings is 1. The zero-order chi connectivity index (χ0) is 20.3. The molecule has 1 atom stereocenters. The van der Waals surface area contributed by atoms with Gasteiger partial charge >= 0.3 is 5.97 Å². The van der Waals surface area contributed by atoms with Gasteiger partial charge in [0.1, 0.15) is 10.8 Å². The Kier molecular flexibility index (Phi) is 6.38. The number of hydrogen-bond acceptors (Lipinski definition) is 6. The van der Waals surface area contributed by atoms with Crippen molar-refractivity contribution in [2.75, 3.05) is 12.4 Å². The zero-order valence-corrected chi connectivity index (χ0v) is 17.1. The lowest BCUT2D eigenvalue weighted by molar-refractivity contribution is -0.122. The van der Waals surface area contributed by atoms with Crippen LogP contribution < -0.4 is 10.1 Å². The van der Waals surface area contributed by atoms with Crippen LogP contribution in [0.4, 0.5) is 5.00 Å². The minimum atomic E-state index is -0.792. The van der Waals surface area contributed by atoms with Crippen LogP contribution in [0.15, 0.2) is 18.2 Å². The number of esters is 1. The second kappa shape index (κ2) is 8.35. The van der Waals surface area contributed by atoms with Crippen molar-refractivity contribution in [2.45, 2.75) is 40.7 Å². The molecular weight excluding hydrogens is 366 g/mol. The first-order valence-electron chi connectivity index (χ1n) is 8.43. The Bertz CT molecular complexity index is 900. The Hall–Kier alpha value is -2.67. The molecule has 0 unspecified atom stereocenters. The van der Waals surface area contributed by atoms with Gasteiger partial charge in [-0.25, -0.2) is 4.79 Å². The van der Waals surface area contributed by atoms with Gasteiger partial charge in [-0.15, -0.1) is 11.3 Å². The molecule has 0 spiro atoms. The SMILES string of the molecule is COC(=O)c1c(NC(=O)[C@@H](C)Oc2cccc(C)c2C)sc(C(C)=O)c1C. The van der Waals surface area contributed by atoms with Crippen LogP contribution in [0, 0.1) is 20.8 Å². The molecule has 1 aromatic carbocycles. The van der Waals surface area contributed by atoms with Crippen LogP contribution in [-0.4, -0.2) is 30.9 Å². The average Bonchev–Trinajstić information content (AvgIpc) is 2.94. The summed E-state index contributed by atoms with van der Waals surface area (Å²) in [6.07, 6.45) is -0.792. The van der Waals surface area contributed by atoms with Crippen molar-refractivity contribution in [3.63, 3.8) is 0 Å². The average molecular weight is 389 g/mol. The topological polar surface area (TPSA) is 81.7 Å². The highest BCUT2D eigenvalue weighted by molar-refractivity contribution is 7.18. The summed E-state index contributed by atoms with van der Waals surface area (Å²) in [6.45, 7) is 8.59. The Morgan fingerprint density at radius 2 is 1.78 bits per heavy atom. The van der Waals surface area contributed by atoms with Crippen LogP contribution in [-0.2, 0) is 9.53 Å². The molecular formula is C20H23NO5S. The highest BCUT2D eigenvalue weighted by Crippen LogP contribution is 2.34. The number of nitrogens with one attached hydrogen (secondary N) is 1. The predicted octanol–water partition coefficient (Wildman–Crippen LogP) is 4.07. The van der Waals surface area contributed by atoms with Gasteiger partial charge in [-0.05, 0) is 57.4 Å². The molecule has 2 rings (SSSR count). The smallest absolute Gasteiger partial charge is 0.341 e. The molecule has 1 heterocycles. The minimum Gasteiger partial charge on any atom is -0.481 e. The van der Waals surface area contributed by atoms with Crippen molar-refractivity contribution in [1.82, 2.24) is 0 Å². The number of methoxy groups -OCH3 is 1. The zero-order valence-electron chi connectivity index (χ0n) is 16.3. The van der Waals surface area contributed by atoms with E-state index in [4.69, 9.17) is 9.47 Å². The van der Waals surface area contributed by atoms with Crippen molar-refractivity contribution < 1.29 is 23.9 Å². The van der Waals surface area contributed by atoms with Crippen LogP contribution in [0.2, 0.25) is 0 Å². The molecule has 0 bridgehead atoms. The first-order valence-corrected chi connectivity index (χ1v) is 9.25. The number of rotatable bonds is 6. The highest BCUT2D eigenvalue weighted by Gasteiger charge is 2.26. The molecule has 1 amide bonds. The van der Waals surface area contributed by atoms with Crippen LogP contribution >= 0.6 is 11.3 Å². The number of carbonyl (C=O) groups excluding carboxylic acids is 3.